The van der Waals surface area contributed by atoms with Gasteiger partial charge in [0.2, 0.25) is 0 Å². The van der Waals surface area contributed by atoms with Gasteiger partial charge >= 0.3 is 0 Å². The van der Waals surface area contributed by atoms with Crippen molar-refractivity contribution in [1.82, 2.24) is 0 Å². The van der Waals surface area contributed by atoms with Gasteiger partial charge in [0.25, 0.3) is 10.0 Å². The lowest BCUT2D eigenvalue weighted by Crippen LogP contribution is -2.27. The van der Waals surface area contributed by atoms with Gasteiger partial charge in [-0.1, -0.05) is 17.7 Å². The number of hydrogen-bond donors (Lipinski definition) is 1. The average molecular weight is 324 g/mol. The van der Waals surface area contributed by atoms with Crippen LogP contribution in [-0.4, -0.2) is 15.5 Å². The Kier molecular flexibility index (Phi) is 4.41. The Labute approximate surface area is 130 Å². The average Bonchev–Trinajstić information content (AvgIpc) is 2.80. The fourth-order valence-corrected chi connectivity index (χ4v) is 5.06. The van der Waals surface area contributed by atoms with Crippen molar-refractivity contribution in [2.45, 2.75) is 32.2 Å². The van der Waals surface area contributed by atoms with Gasteiger partial charge in [-0.3, -0.25) is 4.31 Å². The van der Waals surface area contributed by atoms with E-state index < -0.39 is 10.0 Å². The van der Waals surface area contributed by atoms with E-state index in [1.54, 1.807) is 13.1 Å². The molecule has 2 aromatic rings. The number of hydrogen-bond acceptors (Lipinski definition) is 4. The fourth-order valence-electron chi connectivity index (χ4n) is 2.32. The lowest BCUT2D eigenvalue weighted by molar-refractivity contribution is 0.594. The minimum Gasteiger partial charge on any atom is -0.326 e. The van der Waals surface area contributed by atoms with Gasteiger partial charge in [0.15, 0.2) is 0 Å². The molecule has 21 heavy (non-hydrogen) atoms. The second-order valence-electron chi connectivity index (χ2n) is 5.10. The molecule has 0 atom stereocenters. The van der Waals surface area contributed by atoms with Crippen molar-refractivity contribution in [3.05, 3.63) is 45.1 Å². The predicted octanol–water partition coefficient (Wildman–Crippen LogP) is 2.96. The summed E-state index contributed by atoms with van der Waals surface area (Å²) in [5.74, 6) is 0. The van der Waals surface area contributed by atoms with Gasteiger partial charge in [-0.05, 0) is 38.5 Å². The minimum atomic E-state index is -3.56. The normalized spacial score (nSPS) is 11.7. The molecule has 0 amide bonds. The number of sulfonamides is 1. The van der Waals surface area contributed by atoms with E-state index in [-0.39, 0.29) is 0 Å². The van der Waals surface area contributed by atoms with Crippen molar-refractivity contribution in [2.24, 2.45) is 5.73 Å². The third-order valence-electron chi connectivity index (χ3n) is 3.45. The molecule has 0 unspecified atom stereocenters. The topological polar surface area (TPSA) is 63.4 Å². The summed E-state index contributed by atoms with van der Waals surface area (Å²) in [5.41, 5.74) is 8.35. The first-order valence-corrected chi connectivity index (χ1v) is 8.88. The van der Waals surface area contributed by atoms with E-state index in [4.69, 9.17) is 5.73 Å². The molecule has 2 rings (SSSR count). The summed E-state index contributed by atoms with van der Waals surface area (Å²) in [6.45, 7) is 6.07. The molecule has 0 aliphatic rings. The van der Waals surface area contributed by atoms with Crippen LogP contribution in [0, 0.1) is 20.8 Å². The summed E-state index contributed by atoms with van der Waals surface area (Å²) in [7, 11) is -1.97. The summed E-state index contributed by atoms with van der Waals surface area (Å²) < 4.78 is 27.0. The maximum Gasteiger partial charge on any atom is 0.265 e. The van der Waals surface area contributed by atoms with Crippen molar-refractivity contribution < 1.29 is 8.42 Å². The number of benzene rings is 1. The van der Waals surface area contributed by atoms with Crippen LogP contribution >= 0.6 is 11.3 Å². The molecule has 0 bridgehead atoms. The van der Waals surface area contributed by atoms with E-state index in [1.807, 2.05) is 39.0 Å². The van der Waals surface area contributed by atoms with Gasteiger partial charge in [0, 0.05) is 23.3 Å². The molecule has 0 aliphatic carbocycles. The lowest BCUT2D eigenvalue weighted by Gasteiger charge is -2.21. The summed E-state index contributed by atoms with van der Waals surface area (Å²) in [4.78, 5) is 1.99. The number of thiophene rings is 1. The van der Waals surface area contributed by atoms with Crippen molar-refractivity contribution in [2.75, 3.05) is 11.4 Å². The van der Waals surface area contributed by atoms with Crippen molar-refractivity contribution >= 4 is 27.0 Å². The first-order valence-electron chi connectivity index (χ1n) is 6.63. The summed E-state index contributed by atoms with van der Waals surface area (Å²) in [6, 6.07) is 7.41. The quantitative estimate of drug-likeness (QED) is 0.940. The molecule has 0 spiro atoms. The van der Waals surface area contributed by atoms with Gasteiger partial charge in [-0.15, -0.1) is 11.3 Å². The third kappa shape index (κ3) is 2.97. The highest BCUT2D eigenvalue weighted by Crippen LogP contribution is 2.31. The van der Waals surface area contributed by atoms with Crippen LogP contribution in [0.4, 0.5) is 5.69 Å². The van der Waals surface area contributed by atoms with E-state index in [0.29, 0.717) is 17.1 Å². The van der Waals surface area contributed by atoms with Crippen LogP contribution in [0.25, 0.3) is 0 Å². The molecule has 114 valence electrons. The SMILES string of the molecule is Cc1ccc(N(C)S(=O)(=O)c2cc(CN)sc2C)c(C)c1. The number of anilines is 1. The highest BCUT2D eigenvalue weighted by atomic mass is 32.2. The third-order valence-corrected chi connectivity index (χ3v) is 6.55. The number of nitrogens with zero attached hydrogens (tertiary/aromatic N) is 1. The summed E-state index contributed by atoms with van der Waals surface area (Å²) in [6.07, 6.45) is 0. The highest BCUT2D eigenvalue weighted by Gasteiger charge is 2.26. The Hall–Kier alpha value is -1.37. The zero-order valence-electron chi connectivity index (χ0n) is 12.7. The second-order valence-corrected chi connectivity index (χ2v) is 8.38. The Balaban J connectivity index is 2.49. The molecule has 0 saturated heterocycles. The van der Waals surface area contributed by atoms with E-state index in [1.165, 1.54) is 15.6 Å². The van der Waals surface area contributed by atoms with Gasteiger partial charge in [0.05, 0.1) is 5.69 Å². The first kappa shape index (κ1) is 16.0. The Bertz CT molecular complexity index is 764. The molecule has 2 N–H and O–H groups in total. The van der Waals surface area contributed by atoms with Crippen LogP contribution in [0.3, 0.4) is 0 Å². The van der Waals surface area contributed by atoms with Crippen LogP contribution in [0.2, 0.25) is 0 Å². The smallest absolute Gasteiger partial charge is 0.265 e. The first-order chi connectivity index (χ1) is 9.77. The van der Waals surface area contributed by atoms with E-state index >= 15 is 0 Å². The van der Waals surface area contributed by atoms with Gasteiger partial charge in [0.1, 0.15) is 4.90 Å². The molecule has 1 heterocycles. The van der Waals surface area contributed by atoms with Crippen molar-refractivity contribution in [3.8, 4) is 0 Å². The Morgan fingerprint density at radius 1 is 1.19 bits per heavy atom. The monoisotopic (exact) mass is 324 g/mol. The van der Waals surface area contributed by atoms with Crippen LogP contribution in [0.5, 0.6) is 0 Å². The van der Waals surface area contributed by atoms with Gasteiger partial charge < -0.3 is 5.73 Å². The van der Waals surface area contributed by atoms with Gasteiger partial charge in [-0.2, -0.15) is 0 Å². The maximum absolute atomic E-state index is 12.8. The highest BCUT2D eigenvalue weighted by molar-refractivity contribution is 7.93. The molecule has 0 aliphatic heterocycles. The second kappa shape index (κ2) is 5.79. The van der Waals surface area contributed by atoms with Crippen LogP contribution in [0.15, 0.2) is 29.2 Å². The molecule has 4 nitrogen and oxygen atoms in total. The minimum absolute atomic E-state index is 0.343. The molecular formula is C15H20N2O2S2. The summed E-state index contributed by atoms with van der Waals surface area (Å²) in [5, 5.41) is 0. The molecule has 1 aromatic carbocycles. The molecule has 0 radical (unpaired) electrons. The number of aryl methyl sites for hydroxylation is 3. The Morgan fingerprint density at radius 2 is 1.86 bits per heavy atom. The van der Waals surface area contributed by atoms with Crippen LogP contribution in [-0.2, 0) is 16.6 Å². The molecule has 1 aromatic heterocycles. The van der Waals surface area contributed by atoms with Crippen LogP contribution < -0.4 is 10.0 Å². The molecule has 0 saturated carbocycles. The lowest BCUT2D eigenvalue weighted by atomic mass is 10.1. The number of rotatable bonds is 4. The van der Waals surface area contributed by atoms with E-state index in [2.05, 4.69) is 0 Å². The molecule has 6 heteroatoms. The van der Waals surface area contributed by atoms with Gasteiger partial charge in [-0.25, -0.2) is 8.42 Å². The molecular weight excluding hydrogens is 304 g/mol. The zero-order chi connectivity index (χ0) is 15.8. The largest absolute Gasteiger partial charge is 0.326 e. The standard InChI is InChI=1S/C15H20N2O2S2/c1-10-5-6-14(11(2)7-10)17(4)21(18,19)15-8-13(9-16)20-12(15)3/h5-8H,9,16H2,1-4H3. The zero-order valence-corrected chi connectivity index (χ0v) is 14.3. The fraction of sp³-hybridized carbons (Fsp3) is 0.333. The maximum atomic E-state index is 12.8. The van der Waals surface area contributed by atoms with E-state index in [9.17, 15) is 8.42 Å². The Morgan fingerprint density at radius 3 is 2.38 bits per heavy atom. The van der Waals surface area contributed by atoms with Crippen molar-refractivity contribution in [1.29, 1.82) is 0 Å². The van der Waals surface area contributed by atoms with Crippen LogP contribution in [0.1, 0.15) is 20.9 Å². The number of nitrogens with two attached hydrogens (primary N) is 1. The van der Waals surface area contributed by atoms with E-state index in [0.717, 1.165) is 20.9 Å². The van der Waals surface area contributed by atoms with Crippen molar-refractivity contribution in [3.63, 3.8) is 0 Å². The molecule has 0 fully saturated rings. The predicted molar refractivity (Wildman–Crippen MR) is 88.5 cm³/mol. The summed E-state index contributed by atoms with van der Waals surface area (Å²) >= 11 is 1.43.